The molecule has 4 nitrogen and oxygen atoms in total. The molecule has 0 aromatic heterocycles. The summed E-state index contributed by atoms with van der Waals surface area (Å²) in [5.41, 5.74) is 1.64. The summed E-state index contributed by atoms with van der Waals surface area (Å²) in [6.45, 7) is 1.89. The summed E-state index contributed by atoms with van der Waals surface area (Å²) in [6.07, 6.45) is 0.315. The van der Waals surface area contributed by atoms with E-state index in [0.29, 0.717) is 17.1 Å². The van der Waals surface area contributed by atoms with E-state index in [0.717, 1.165) is 5.56 Å². The molecule has 1 amide bonds. The van der Waals surface area contributed by atoms with E-state index in [1.54, 1.807) is 11.0 Å². The van der Waals surface area contributed by atoms with Crippen LogP contribution in [0.4, 0.5) is 5.69 Å². The van der Waals surface area contributed by atoms with Crippen LogP contribution in [-0.2, 0) is 14.6 Å². The number of benzene rings is 1. The van der Waals surface area contributed by atoms with Crippen LogP contribution in [0.3, 0.4) is 0 Å². The molecule has 2 heterocycles. The van der Waals surface area contributed by atoms with Crippen molar-refractivity contribution in [1.82, 2.24) is 0 Å². The lowest BCUT2D eigenvalue weighted by Gasteiger charge is -2.23. The Labute approximate surface area is 117 Å². The number of sulfone groups is 1. The van der Waals surface area contributed by atoms with Gasteiger partial charge in [0.05, 0.1) is 17.5 Å². The Kier molecular flexibility index (Phi) is 2.87. The Morgan fingerprint density at radius 1 is 1.32 bits per heavy atom. The molecule has 2 fully saturated rings. The molecule has 0 N–H and O–H groups in total. The van der Waals surface area contributed by atoms with E-state index in [-0.39, 0.29) is 29.4 Å². The highest BCUT2D eigenvalue weighted by molar-refractivity contribution is 7.91. The van der Waals surface area contributed by atoms with Gasteiger partial charge in [-0.05, 0) is 24.6 Å². The van der Waals surface area contributed by atoms with E-state index in [9.17, 15) is 13.2 Å². The second-order valence-electron chi connectivity index (χ2n) is 5.31. The maximum Gasteiger partial charge on any atom is 0.227 e. The molecule has 0 saturated carbocycles. The predicted octanol–water partition coefficient (Wildman–Crippen LogP) is 1.80. The van der Waals surface area contributed by atoms with Gasteiger partial charge < -0.3 is 4.90 Å². The molecule has 6 heteroatoms. The summed E-state index contributed by atoms with van der Waals surface area (Å²) in [7, 11) is -3.02. The van der Waals surface area contributed by atoms with Crippen molar-refractivity contribution in [2.24, 2.45) is 5.92 Å². The zero-order valence-electron chi connectivity index (χ0n) is 10.5. The fourth-order valence-corrected chi connectivity index (χ4v) is 5.20. The molecule has 0 radical (unpaired) electrons. The molecule has 19 heavy (non-hydrogen) atoms. The lowest BCUT2D eigenvalue weighted by Crippen LogP contribution is -2.36. The van der Waals surface area contributed by atoms with Crippen molar-refractivity contribution < 1.29 is 13.2 Å². The van der Waals surface area contributed by atoms with Gasteiger partial charge in [0.25, 0.3) is 0 Å². The third kappa shape index (κ3) is 2.15. The third-order valence-corrected chi connectivity index (χ3v) is 6.10. The van der Waals surface area contributed by atoms with Gasteiger partial charge in [-0.3, -0.25) is 4.79 Å². The SMILES string of the molecule is Cc1ccc(N2C(=O)C[C@H]3CS(=O)(=O)C[C@@H]32)cc1Cl. The number of halogens is 1. The van der Waals surface area contributed by atoms with Crippen LogP contribution in [0.15, 0.2) is 18.2 Å². The van der Waals surface area contributed by atoms with Crippen LogP contribution in [0.2, 0.25) is 5.02 Å². The first-order chi connectivity index (χ1) is 8.87. The number of hydrogen-bond acceptors (Lipinski definition) is 3. The van der Waals surface area contributed by atoms with Gasteiger partial charge in [-0.1, -0.05) is 17.7 Å². The van der Waals surface area contributed by atoms with E-state index in [2.05, 4.69) is 0 Å². The first-order valence-electron chi connectivity index (χ1n) is 6.16. The van der Waals surface area contributed by atoms with Gasteiger partial charge in [0.1, 0.15) is 0 Å². The fourth-order valence-electron chi connectivity index (χ4n) is 2.96. The second-order valence-corrected chi connectivity index (χ2v) is 7.87. The minimum absolute atomic E-state index is 0.00943. The average Bonchev–Trinajstić information content (AvgIpc) is 2.73. The molecule has 102 valence electrons. The molecule has 0 bridgehead atoms. The Balaban J connectivity index is 1.99. The molecule has 3 rings (SSSR count). The van der Waals surface area contributed by atoms with Gasteiger partial charge in [0.2, 0.25) is 5.91 Å². The summed E-state index contributed by atoms with van der Waals surface area (Å²) < 4.78 is 23.4. The van der Waals surface area contributed by atoms with Gasteiger partial charge in [0, 0.05) is 23.0 Å². The molecule has 1 aromatic carbocycles. The van der Waals surface area contributed by atoms with Crippen LogP contribution >= 0.6 is 11.6 Å². The zero-order chi connectivity index (χ0) is 13.8. The quantitative estimate of drug-likeness (QED) is 0.794. The predicted molar refractivity (Wildman–Crippen MR) is 74.2 cm³/mol. The van der Waals surface area contributed by atoms with Crippen LogP contribution in [0.5, 0.6) is 0 Å². The van der Waals surface area contributed by atoms with E-state index < -0.39 is 9.84 Å². The number of carbonyl (C=O) groups excluding carboxylic acids is 1. The Bertz CT molecular complexity index is 656. The Hall–Kier alpha value is -1.07. The van der Waals surface area contributed by atoms with Gasteiger partial charge >= 0.3 is 0 Å². The highest BCUT2D eigenvalue weighted by atomic mass is 35.5. The lowest BCUT2D eigenvalue weighted by molar-refractivity contribution is -0.117. The van der Waals surface area contributed by atoms with E-state index in [1.807, 2.05) is 19.1 Å². The van der Waals surface area contributed by atoms with Crippen LogP contribution in [-0.4, -0.2) is 31.9 Å². The van der Waals surface area contributed by atoms with Gasteiger partial charge in [-0.15, -0.1) is 0 Å². The highest BCUT2D eigenvalue weighted by Gasteiger charge is 2.49. The summed E-state index contributed by atoms with van der Waals surface area (Å²) >= 11 is 6.08. The largest absolute Gasteiger partial charge is 0.308 e. The molecule has 1 aromatic rings. The maximum absolute atomic E-state index is 12.1. The third-order valence-electron chi connectivity index (χ3n) is 3.91. The van der Waals surface area contributed by atoms with Gasteiger partial charge in [-0.25, -0.2) is 8.42 Å². The monoisotopic (exact) mass is 299 g/mol. The van der Waals surface area contributed by atoms with Crippen LogP contribution < -0.4 is 4.90 Å². The molecule has 0 unspecified atom stereocenters. The highest BCUT2D eigenvalue weighted by Crippen LogP contribution is 2.38. The molecule has 0 aliphatic carbocycles. The van der Waals surface area contributed by atoms with Crippen LogP contribution in [0.25, 0.3) is 0 Å². The number of amides is 1. The number of fused-ring (bicyclic) bond motifs is 1. The maximum atomic E-state index is 12.1. The van der Waals surface area contributed by atoms with Gasteiger partial charge in [0.15, 0.2) is 9.84 Å². The van der Waals surface area contributed by atoms with Crippen molar-refractivity contribution in [3.8, 4) is 0 Å². The Morgan fingerprint density at radius 2 is 2.05 bits per heavy atom. The number of hydrogen-bond donors (Lipinski definition) is 0. The number of rotatable bonds is 1. The minimum Gasteiger partial charge on any atom is -0.308 e. The fraction of sp³-hybridized carbons (Fsp3) is 0.462. The summed E-state index contributed by atoms with van der Waals surface area (Å²) in [5, 5.41) is 0.592. The smallest absolute Gasteiger partial charge is 0.227 e. The first kappa shape index (κ1) is 12.9. The van der Waals surface area contributed by atoms with Crippen molar-refractivity contribution in [3.63, 3.8) is 0 Å². The summed E-state index contributed by atoms with van der Waals surface area (Å²) in [6, 6.07) is 5.19. The zero-order valence-corrected chi connectivity index (χ0v) is 12.0. The topological polar surface area (TPSA) is 54.5 Å². The molecular weight excluding hydrogens is 286 g/mol. The molecule has 2 atom stereocenters. The molecule has 0 spiro atoms. The normalized spacial score (nSPS) is 28.7. The molecule has 2 saturated heterocycles. The number of aryl methyl sites for hydroxylation is 1. The number of anilines is 1. The summed E-state index contributed by atoms with van der Waals surface area (Å²) in [4.78, 5) is 13.7. The molecular formula is C13H14ClNO3S. The number of carbonyl (C=O) groups is 1. The lowest BCUT2D eigenvalue weighted by atomic mass is 10.0. The molecule has 2 aliphatic heterocycles. The van der Waals surface area contributed by atoms with Crippen molar-refractivity contribution in [1.29, 1.82) is 0 Å². The van der Waals surface area contributed by atoms with Crippen molar-refractivity contribution >= 4 is 33.0 Å². The number of nitrogens with zero attached hydrogens (tertiary/aromatic N) is 1. The minimum atomic E-state index is -3.02. The van der Waals surface area contributed by atoms with Gasteiger partial charge in [-0.2, -0.15) is 0 Å². The van der Waals surface area contributed by atoms with Crippen molar-refractivity contribution in [2.75, 3.05) is 16.4 Å². The standard InChI is InChI=1S/C13H14ClNO3S/c1-8-2-3-10(5-11(8)14)15-12-7-19(17,18)6-9(12)4-13(15)16/h2-3,5,9,12H,4,6-7H2,1H3/t9-,12-/m0/s1. The van der Waals surface area contributed by atoms with E-state index in [4.69, 9.17) is 11.6 Å². The van der Waals surface area contributed by atoms with Crippen LogP contribution in [0.1, 0.15) is 12.0 Å². The molecule has 2 aliphatic rings. The van der Waals surface area contributed by atoms with Crippen molar-refractivity contribution in [3.05, 3.63) is 28.8 Å². The summed E-state index contributed by atoms with van der Waals surface area (Å²) in [5.74, 6) is 0.108. The van der Waals surface area contributed by atoms with E-state index >= 15 is 0 Å². The van der Waals surface area contributed by atoms with Crippen molar-refractivity contribution in [2.45, 2.75) is 19.4 Å². The van der Waals surface area contributed by atoms with Crippen LogP contribution in [0, 0.1) is 12.8 Å². The second kappa shape index (κ2) is 4.21. The first-order valence-corrected chi connectivity index (χ1v) is 8.36. The average molecular weight is 300 g/mol. The Morgan fingerprint density at radius 3 is 2.74 bits per heavy atom. The van der Waals surface area contributed by atoms with E-state index in [1.165, 1.54) is 0 Å².